The van der Waals surface area contributed by atoms with E-state index in [-0.39, 0.29) is 39.2 Å². The van der Waals surface area contributed by atoms with Gasteiger partial charge in [0.1, 0.15) is 0 Å². The van der Waals surface area contributed by atoms with Gasteiger partial charge in [0.2, 0.25) is 0 Å². The molecule has 142 valence electrons. The van der Waals surface area contributed by atoms with Crippen LogP contribution in [-0.2, 0) is 9.84 Å². The third-order valence-electron chi connectivity index (χ3n) is 4.56. The second-order valence-corrected chi connectivity index (χ2v) is 8.48. The van der Waals surface area contributed by atoms with E-state index in [4.69, 9.17) is 0 Å². The molecule has 0 heterocycles. The number of phenolic OH excluding ortho intramolecular Hbond substituents is 4. The van der Waals surface area contributed by atoms with Gasteiger partial charge in [-0.15, -0.1) is 0 Å². The minimum atomic E-state index is -3.35. The van der Waals surface area contributed by atoms with E-state index in [0.717, 1.165) is 6.26 Å². The zero-order valence-corrected chi connectivity index (χ0v) is 15.4. The van der Waals surface area contributed by atoms with Crippen molar-refractivity contribution < 1.29 is 28.8 Å². The average Bonchev–Trinajstić information content (AvgIpc) is 2.92. The lowest BCUT2D eigenvalue weighted by Crippen LogP contribution is -1.99. The van der Waals surface area contributed by atoms with Gasteiger partial charge in [-0.1, -0.05) is 0 Å². The van der Waals surface area contributed by atoms with Gasteiger partial charge in [-0.05, 0) is 59.7 Å². The van der Waals surface area contributed by atoms with Crippen molar-refractivity contribution in [1.82, 2.24) is 0 Å². The van der Waals surface area contributed by atoms with Crippen molar-refractivity contribution in [2.75, 3.05) is 6.26 Å². The summed E-state index contributed by atoms with van der Waals surface area (Å²) in [5.41, 5.74) is 2.47. The van der Waals surface area contributed by atoms with Gasteiger partial charge in [-0.3, -0.25) is 0 Å². The summed E-state index contributed by atoms with van der Waals surface area (Å²) in [6, 6.07) is 11.5. The number of nitrogens with zero attached hydrogens (tertiary/aromatic N) is 1. The van der Waals surface area contributed by atoms with Gasteiger partial charge in [0.15, 0.2) is 32.8 Å². The van der Waals surface area contributed by atoms with E-state index in [2.05, 4.69) is 4.99 Å². The molecule has 0 bridgehead atoms. The summed E-state index contributed by atoms with van der Waals surface area (Å²) in [5, 5.41) is 40.1. The Morgan fingerprint density at radius 2 is 1.36 bits per heavy atom. The van der Waals surface area contributed by atoms with E-state index in [9.17, 15) is 28.8 Å². The van der Waals surface area contributed by atoms with Crippen LogP contribution in [0.15, 0.2) is 58.4 Å². The first-order chi connectivity index (χ1) is 13.2. The monoisotopic (exact) mass is 397 g/mol. The summed E-state index contributed by atoms with van der Waals surface area (Å²) in [4.78, 5) is 4.64. The number of hydrogen-bond donors (Lipinski definition) is 4. The van der Waals surface area contributed by atoms with Crippen LogP contribution in [0.2, 0.25) is 0 Å². The molecular weight excluding hydrogens is 382 g/mol. The molecule has 4 rings (SSSR count). The summed E-state index contributed by atoms with van der Waals surface area (Å²) in [6.45, 7) is 0. The summed E-state index contributed by atoms with van der Waals surface area (Å²) < 4.78 is 23.2. The number of rotatable bonds is 2. The van der Waals surface area contributed by atoms with Crippen LogP contribution in [0.5, 0.6) is 23.0 Å². The van der Waals surface area contributed by atoms with Gasteiger partial charge in [-0.2, -0.15) is 0 Å². The molecule has 1 aliphatic carbocycles. The molecular formula is C20H15NO6S. The number of hydrogen-bond acceptors (Lipinski definition) is 7. The van der Waals surface area contributed by atoms with Gasteiger partial charge in [-0.25, -0.2) is 13.4 Å². The molecule has 3 aromatic rings. The molecule has 0 atom stereocenters. The third kappa shape index (κ3) is 2.74. The van der Waals surface area contributed by atoms with E-state index >= 15 is 0 Å². The Kier molecular flexibility index (Phi) is 3.83. The second-order valence-electron chi connectivity index (χ2n) is 6.47. The van der Waals surface area contributed by atoms with Crippen LogP contribution in [0.25, 0.3) is 11.1 Å². The van der Waals surface area contributed by atoms with Crippen molar-refractivity contribution in [3.05, 3.63) is 59.7 Å². The zero-order chi connectivity index (χ0) is 20.2. The van der Waals surface area contributed by atoms with Crippen LogP contribution in [0.3, 0.4) is 0 Å². The van der Waals surface area contributed by atoms with Gasteiger partial charge < -0.3 is 20.4 Å². The molecule has 28 heavy (non-hydrogen) atoms. The molecule has 0 aliphatic heterocycles. The van der Waals surface area contributed by atoms with Gasteiger partial charge in [0, 0.05) is 11.8 Å². The number of fused-ring (bicyclic) bond motifs is 3. The highest BCUT2D eigenvalue weighted by molar-refractivity contribution is 7.90. The van der Waals surface area contributed by atoms with Crippen molar-refractivity contribution in [3.8, 4) is 34.1 Å². The van der Waals surface area contributed by atoms with Crippen molar-refractivity contribution in [3.63, 3.8) is 0 Å². The second kappa shape index (κ2) is 6.00. The highest BCUT2D eigenvalue weighted by Gasteiger charge is 2.30. The Labute approximate surface area is 160 Å². The molecule has 7 nitrogen and oxygen atoms in total. The van der Waals surface area contributed by atoms with Gasteiger partial charge in [0.05, 0.1) is 21.9 Å². The van der Waals surface area contributed by atoms with Crippen molar-refractivity contribution >= 4 is 21.2 Å². The maximum atomic E-state index is 11.6. The van der Waals surface area contributed by atoms with Crippen molar-refractivity contribution in [2.45, 2.75) is 4.90 Å². The molecule has 0 radical (unpaired) electrons. The summed E-state index contributed by atoms with van der Waals surface area (Å²) >= 11 is 0. The summed E-state index contributed by atoms with van der Waals surface area (Å²) in [6.07, 6.45) is 1.10. The minimum Gasteiger partial charge on any atom is -0.504 e. The first kappa shape index (κ1) is 17.9. The van der Waals surface area contributed by atoms with Crippen LogP contribution < -0.4 is 0 Å². The lowest BCUT2D eigenvalue weighted by molar-refractivity contribution is 0.403. The maximum Gasteiger partial charge on any atom is 0.175 e. The molecule has 0 spiro atoms. The Morgan fingerprint density at radius 3 is 1.96 bits per heavy atom. The standard InChI is InChI=1S/C20H15NO6S/c1-28(26,27)11-4-2-10(3-5-11)21-19-14-9-17(24)16(23)8-13(14)12-6-7-15(22)20(25)18(12)19/h2-9,22-25H,1H3. The van der Waals surface area contributed by atoms with Crippen LogP contribution >= 0.6 is 0 Å². The molecule has 0 saturated heterocycles. The van der Waals surface area contributed by atoms with E-state index < -0.39 is 9.84 Å². The van der Waals surface area contributed by atoms with Crippen LogP contribution in [0.1, 0.15) is 11.1 Å². The number of aliphatic imine (C=N–C) groups is 1. The smallest absolute Gasteiger partial charge is 0.175 e. The number of aromatic hydroxyl groups is 4. The van der Waals surface area contributed by atoms with E-state index in [0.29, 0.717) is 22.4 Å². The molecule has 0 amide bonds. The normalized spacial score (nSPS) is 14.1. The molecule has 0 fully saturated rings. The molecule has 3 aromatic carbocycles. The fraction of sp³-hybridized carbons (Fsp3) is 0.0500. The quantitative estimate of drug-likeness (QED) is 0.385. The minimum absolute atomic E-state index is 0.145. The maximum absolute atomic E-state index is 11.6. The topological polar surface area (TPSA) is 127 Å². The van der Waals surface area contributed by atoms with Gasteiger partial charge >= 0.3 is 0 Å². The van der Waals surface area contributed by atoms with E-state index in [1.807, 2.05) is 0 Å². The lowest BCUT2D eigenvalue weighted by Gasteiger charge is -2.07. The first-order valence-electron chi connectivity index (χ1n) is 8.17. The first-order valence-corrected chi connectivity index (χ1v) is 10.1. The fourth-order valence-electron chi connectivity index (χ4n) is 3.19. The molecule has 1 aliphatic rings. The highest BCUT2D eigenvalue weighted by atomic mass is 32.2. The van der Waals surface area contributed by atoms with E-state index in [1.54, 1.807) is 6.07 Å². The molecule has 0 aromatic heterocycles. The van der Waals surface area contributed by atoms with Crippen LogP contribution in [-0.4, -0.2) is 40.8 Å². The average molecular weight is 397 g/mol. The Balaban J connectivity index is 1.96. The predicted molar refractivity (Wildman–Crippen MR) is 103 cm³/mol. The van der Waals surface area contributed by atoms with Crippen molar-refractivity contribution in [1.29, 1.82) is 0 Å². The SMILES string of the molecule is CS(=O)(=O)c1ccc(N=C2c3cc(O)c(O)cc3-c3ccc(O)c(O)c32)cc1. The number of benzene rings is 3. The Bertz CT molecular complexity index is 1260. The predicted octanol–water partition coefficient (Wildman–Crippen LogP) is 3.06. The lowest BCUT2D eigenvalue weighted by atomic mass is 10.0. The number of phenols is 4. The molecule has 8 heteroatoms. The van der Waals surface area contributed by atoms with Crippen LogP contribution in [0.4, 0.5) is 5.69 Å². The Hall–Kier alpha value is -3.52. The van der Waals surface area contributed by atoms with E-state index in [1.165, 1.54) is 42.5 Å². The fourth-order valence-corrected chi connectivity index (χ4v) is 3.82. The molecule has 0 unspecified atom stereocenters. The summed E-state index contributed by atoms with van der Waals surface area (Å²) in [5.74, 6) is -1.38. The molecule has 4 N–H and O–H groups in total. The van der Waals surface area contributed by atoms with Gasteiger partial charge in [0.25, 0.3) is 0 Å². The van der Waals surface area contributed by atoms with Crippen molar-refractivity contribution in [2.24, 2.45) is 4.99 Å². The number of sulfone groups is 1. The zero-order valence-electron chi connectivity index (χ0n) is 14.6. The largest absolute Gasteiger partial charge is 0.504 e. The third-order valence-corrected chi connectivity index (χ3v) is 5.69. The summed E-state index contributed by atoms with van der Waals surface area (Å²) in [7, 11) is -3.35. The highest BCUT2D eigenvalue weighted by Crippen LogP contribution is 2.48. The van der Waals surface area contributed by atoms with Crippen LogP contribution in [0, 0.1) is 0 Å². The Morgan fingerprint density at radius 1 is 0.750 bits per heavy atom. The molecule has 0 saturated carbocycles.